The molecule has 0 saturated heterocycles. The predicted molar refractivity (Wildman–Crippen MR) is 153 cm³/mol. The lowest BCUT2D eigenvalue weighted by molar-refractivity contribution is -0.132. The van der Waals surface area contributed by atoms with Crippen LogP contribution in [0, 0.1) is 6.92 Å². The number of carbonyl (C=O) groups is 2. The minimum atomic E-state index is -0.369. The van der Waals surface area contributed by atoms with Crippen molar-refractivity contribution in [2.24, 2.45) is 0 Å². The molecule has 3 aromatic rings. The standard InChI is InChI=1S/C28H32BrN3O4S/c1-5-15-32(28(34)30-24-9-7-6-8-23(24)29)19-27(33)31(18-22-12-10-20(2)37-22)16-14-21-11-13-25(35-3)26(17-21)36-4/h5-13,17H,1,14-16,18-19H2,2-4H3,(H,30,34). The summed E-state index contributed by atoms with van der Waals surface area (Å²) >= 11 is 5.10. The SMILES string of the molecule is C=CCN(CC(=O)N(CCc1ccc(OC)c(OC)c1)Cc1ccc(C)s1)C(=O)Nc1ccccc1Br. The number of benzene rings is 2. The summed E-state index contributed by atoms with van der Waals surface area (Å²) in [6.07, 6.45) is 2.24. The molecule has 0 aliphatic rings. The van der Waals surface area contributed by atoms with Crippen molar-refractivity contribution in [3.05, 3.63) is 87.0 Å². The van der Waals surface area contributed by atoms with Crippen LogP contribution in [0.25, 0.3) is 0 Å². The Labute approximate surface area is 230 Å². The first-order chi connectivity index (χ1) is 17.8. The molecule has 3 amide bonds. The Morgan fingerprint density at radius 3 is 2.46 bits per heavy atom. The smallest absolute Gasteiger partial charge is 0.322 e. The number of amides is 3. The molecule has 37 heavy (non-hydrogen) atoms. The van der Waals surface area contributed by atoms with Crippen LogP contribution < -0.4 is 14.8 Å². The molecule has 0 bridgehead atoms. The summed E-state index contributed by atoms with van der Waals surface area (Å²) in [6.45, 7) is 6.93. The van der Waals surface area contributed by atoms with E-state index in [9.17, 15) is 9.59 Å². The van der Waals surface area contributed by atoms with Gasteiger partial charge in [-0.15, -0.1) is 17.9 Å². The number of hydrogen-bond donors (Lipinski definition) is 1. The molecule has 1 aromatic heterocycles. The fourth-order valence-electron chi connectivity index (χ4n) is 3.75. The minimum Gasteiger partial charge on any atom is -0.493 e. The summed E-state index contributed by atoms with van der Waals surface area (Å²) in [5.74, 6) is 1.16. The van der Waals surface area contributed by atoms with E-state index >= 15 is 0 Å². The van der Waals surface area contributed by atoms with Gasteiger partial charge in [-0.05, 0) is 71.2 Å². The maximum absolute atomic E-state index is 13.5. The van der Waals surface area contributed by atoms with Crippen LogP contribution in [0.1, 0.15) is 15.3 Å². The average Bonchev–Trinajstić information content (AvgIpc) is 3.31. The van der Waals surface area contributed by atoms with Crippen molar-refractivity contribution >= 4 is 44.9 Å². The summed E-state index contributed by atoms with van der Waals surface area (Å²) in [7, 11) is 3.20. The first-order valence-electron chi connectivity index (χ1n) is 11.8. The van der Waals surface area contributed by atoms with E-state index in [2.05, 4.69) is 27.8 Å². The van der Waals surface area contributed by atoms with Crippen LogP contribution in [0.4, 0.5) is 10.5 Å². The van der Waals surface area contributed by atoms with Crippen molar-refractivity contribution in [2.45, 2.75) is 19.9 Å². The zero-order chi connectivity index (χ0) is 26.8. The normalized spacial score (nSPS) is 10.5. The van der Waals surface area contributed by atoms with Crippen molar-refractivity contribution < 1.29 is 19.1 Å². The first-order valence-corrected chi connectivity index (χ1v) is 13.4. The molecular weight excluding hydrogens is 554 g/mol. The predicted octanol–water partition coefficient (Wildman–Crippen LogP) is 6.13. The van der Waals surface area contributed by atoms with Gasteiger partial charge in [-0.3, -0.25) is 4.79 Å². The van der Waals surface area contributed by atoms with Crippen molar-refractivity contribution in [1.82, 2.24) is 9.80 Å². The quantitative estimate of drug-likeness (QED) is 0.260. The van der Waals surface area contributed by atoms with Crippen molar-refractivity contribution in [3.8, 4) is 11.5 Å². The summed E-state index contributed by atoms with van der Waals surface area (Å²) in [5.41, 5.74) is 1.65. The highest BCUT2D eigenvalue weighted by Crippen LogP contribution is 2.28. The molecule has 0 fully saturated rings. The number of urea groups is 1. The Balaban J connectivity index is 1.75. The van der Waals surface area contributed by atoms with Gasteiger partial charge in [-0.2, -0.15) is 0 Å². The lowest BCUT2D eigenvalue weighted by Gasteiger charge is -2.27. The van der Waals surface area contributed by atoms with Crippen LogP contribution in [0.5, 0.6) is 11.5 Å². The van der Waals surface area contributed by atoms with Gasteiger partial charge in [0.25, 0.3) is 0 Å². The fourth-order valence-corrected chi connectivity index (χ4v) is 5.04. The van der Waals surface area contributed by atoms with Crippen LogP contribution in [0.15, 0.2) is 71.7 Å². The fraction of sp³-hybridized carbons (Fsp3) is 0.286. The van der Waals surface area contributed by atoms with E-state index in [1.165, 1.54) is 9.78 Å². The number of ether oxygens (including phenoxy) is 2. The number of nitrogens with one attached hydrogen (secondary N) is 1. The first kappa shape index (κ1) is 28.3. The maximum Gasteiger partial charge on any atom is 0.322 e. The number of hydrogen-bond acceptors (Lipinski definition) is 5. The Morgan fingerprint density at radius 2 is 1.81 bits per heavy atom. The second-order valence-corrected chi connectivity index (χ2v) is 10.6. The Morgan fingerprint density at radius 1 is 1.05 bits per heavy atom. The minimum absolute atomic E-state index is 0.0708. The summed E-state index contributed by atoms with van der Waals surface area (Å²) in [4.78, 5) is 32.1. The maximum atomic E-state index is 13.5. The number of methoxy groups -OCH3 is 2. The zero-order valence-electron chi connectivity index (χ0n) is 21.3. The van der Waals surface area contributed by atoms with Gasteiger partial charge in [0.05, 0.1) is 26.5 Å². The number of halogens is 1. The lowest BCUT2D eigenvalue weighted by atomic mass is 10.1. The van der Waals surface area contributed by atoms with Gasteiger partial charge in [0.1, 0.15) is 6.54 Å². The van der Waals surface area contributed by atoms with E-state index in [4.69, 9.17) is 9.47 Å². The molecule has 0 unspecified atom stereocenters. The third-order valence-electron chi connectivity index (χ3n) is 5.69. The van der Waals surface area contributed by atoms with Crippen LogP contribution >= 0.6 is 27.3 Å². The summed E-state index contributed by atoms with van der Waals surface area (Å²) < 4.78 is 11.5. The number of anilines is 1. The number of nitrogens with zero attached hydrogens (tertiary/aromatic N) is 2. The number of rotatable bonds is 12. The van der Waals surface area contributed by atoms with Crippen LogP contribution in [-0.2, 0) is 17.8 Å². The van der Waals surface area contributed by atoms with Crippen LogP contribution in [0.2, 0.25) is 0 Å². The zero-order valence-corrected chi connectivity index (χ0v) is 23.7. The van der Waals surface area contributed by atoms with Gasteiger partial charge in [0.2, 0.25) is 5.91 Å². The Hall–Kier alpha value is -3.30. The summed E-state index contributed by atoms with van der Waals surface area (Å²) in [5, 5.41) is 2.87. The van der Waals surface area contributed by atoms with Crippen LogP contribution in [0.3, 0.4) is 0 Å². The third-order valence-corrected chi connectivity index (χ3v) is 7.37. The van der Waals surface area contributed by atoms with Gasteiger partial charge < -0.3 is 24.6 Å². The highest BCUT2D eigenvalue weighted by Gasteiger charge is 2.22. The molecule has 0 atom stereocenters. The number of aryl methyl sites for hydroxylation is 1. The Bertz CT molecular complexity index is 1230. The topological polar surface area (TPSA) is 71.1 Å². The Kier molecular flexibility index (Phi) is 10.6. The number of thiophene rings is 1. The van der Waals surface area contributed by atoms with E-state index in [1.54, 1.807) is 42.6 Å². The molecule has 7 nitrogen and oxygen atoms in total. The van der Waals surface area contributed by atoms with E-state index in [1.807, 2.05) is 55.5 Å². The van der Waals surface area contributed by atoms with E-state index in [0.29, 0.717) is 36.7 Å². The second kappa shape index (κ2) is 13.9. The molecule has 0 saturated carbocycles. The molecule has 3 rings (SSSR count). The molecule has 0 spiro atoms. The molecule has 196 valence electrons. The molecular formula is C28H32BrN3O4S. The molecule has 0 aliphatic heterocycles. The van der Waals surface area contributed by atoms with Crippen LogP contribution in [-0.4, -0.2) is 55.6 Å². The number of para-hydroxylation sites is 1. The molecule has 1 N–H and O–H groups in total. The molecule has 0 aliphatic carbocycles. The van der Waals surface area contributed by atoms with Crippen molar-refractivity contribution in [2.75, 3.05) is 39.2 Å². The molecule has 9 heteroatoms. The van der Waals surface area contributed by atoms with Crippen molar-refractivity contribution in [3.63, 3.8) is 0 Å². The monoisotopic (exact) mass is 585 g/mol. The molecule has 1 heterocycles. The second-order valence-electron chi connectivity index (χ2n) is 8.35. The van der Waals surface area contributed by atoms with E-state index < -0.39 is 0 Å². The molecule has 0 radical (unpaired) electrons. The summed E-state index contributed by atoms with van der Waals surface area (Å²) in [6, 6.07) is 16.8. The van der Waals surface area contributed by atoms with Gasteiger partial charge in [0.15, 0.2) is 11.5 Å². The van der Waals surface area contributed by atoms with Crippen molar-refractivity contribution in [1.29, 1.82) is 0 Å². The molecule has 2 aromatic carbocycles. The van der Waals surface area contributed by atoms with Gasteiger partial charge >= 0.3 is 6.03 Å². The lowest BCUT2D eigenvalue weighted by Crippen LogP contribution is -2.44. The average molecular weight is 587 g/mol. The van der Waals surface area contributed by atoms with Gasteiger partial charge in [0, 0.05) is 27.3 Å². The third kappa shape index (κ3) is 8.10. The van der Waals surface area contributed by atoms with Gasteiger partial charge in [-0.25, -0.2) is 4.79 Å². The number of carbonyl (C=O) groups excluding carboxylic acids is 2. The van der Waals surface area contributed by atoms with Gasteiger partial charge in [-0.1, -0.05) is 24.3 Å². The highest BCUT2D eigenvalue weighted by molar-refractivity contribution is 9.10. The van der Waals surface area contributed by atoms with E-state index in [-0.39, 0.29) is 25.0 Å². The largest absolute Gasteiger partial charge is 0.493 e. The highest BCUT2D eigenvalue weighted by atomic mass is 79.9. The van der Waals surface area contributed by atoms with E-state index in [0.717, 1.165) is 14.9 Å².